The van der Waals surface area contributed by atoms with E-state index >= 15 is 0 Å². The van der Waals surface area contributed by atoms with Gasteiger partial charge in [0.2, 0.25) is 0 Å². The molecule has 18 heavy (non-hydrogen) atoms. The summed E-state index contributed by atoms with van der Waals surface area (Å²) in [6.45, 7) is 0. The Bertz CT molecular complexity index is 680. The lowest BCUT2D eigenvalue weighted by atomic mass is 10.2. The number of nitrogens with zero attached hydrogens (tertiary/aromatic N) is 1. The van der Waals surface area contributed by atoms with E-state index in [1.54, 1.807) is 24.4 Å². The summed E-state index contributed by atoms with van der Waals surface area (Å²) >= 11 is 0. The molecule has 3 rings (SSSR count). The highest BCUT2D eigenvalue weighted by atomic mass is 16.5. The Morgan fingerprint density at radius 3 is 2.61 bits per heavy atom. The minimum absolute atomic E-state index is 0.201. The van der Waals surface area contributed by atoms with E-state index in [0.29, 0.717) is 5.52 Å². The molecule has 88 valence electrons. The van der Waals surface area contributed by atoms with Gasteiger partial charge in [-0.25, -0.2) is 0 Å². The predicted molar refractivity (Wildman–Crippen MR) is 69.9 cm³/mol. The average Bonchev–Trinajstić information content (AvgIpc) is 2.40. The van der Waals surface area contributed by atoms with Crippen molar-refractivity contribution >= 4 is 10.9 Å². The first kappa shape index (κ1) is 10.6. The maximum atomic E-state index is 9.43. The van der Waals surface area contributed by atoms with Crippen molar-refractivity contribution in [1.82, 2.24) is 4.98 Å². The van der Waals surface area contributed by atoms with E-state index < -0.39 is 0 Å². The molecule has 0 aliphatic rings. The highest BCUT2D eigenvalue weighted by Gasteiger charge is 2.04. The summed E-state index contributed by atoms with van der Waals surface area (Å²) < 4.78 is 5.81. The van der Waals surface area contributed by atoms with Crippen molar-refractivity contribution in [3.8, 4) is 17.2 Å². The number of para-hydroxylation sites is 1. The van der Waals surface area contributed by atoms with Crippen LogP contribution >= 0.6 is 0 Å². The van der Waals surface area contributed by atoms with E-state index in [9.17, 15) is 5.11 Å². The zero-order valence-electron chi connectivity index (χ0n) is 9.58. The molecule has 0 spiro atoms. The fraction of sp³-hybridized carbons (Fsp3) is 0. The first-order chi connectivity index (χ1) is 8.83. The number of phenolic OH excluding ortho intramolecular Hbond substituents is 1. The molecule has 0 fully saturated rings. The van der Waals surface area contributed by atoms with Gasteiger partial charge in [0.05, 0.1) is 5.52 Å². The first-order valence-corrected chi connectivity index (χ1v) is 5.63. The van der Waals surface area contributed by atoms with Gasteiger partial charge in [-0.1, -0.05) is 18.2 Å². The zero-order chi connectivity index (χ0) is 12.4. The summed E-state index contributed by atoms with van der Waals surface area (Å²) in [6.07, 6.45) is 1.67. The second kappa shape index (κ2) is 4.37. The van der Waals surface area contributed by atoms with E-state index in [1.165, 1.54) is 0 Å². The SMILES string of the molecule is Oc1ccc2c(Oc3ccccc3)ccnc2c1. The van der Waals surface area contributed by atoms with Crippen LogP contribution in [0.2, 0.25) is 0 Å². The molecule has 1 N–H and O–H groups in total. The van der Waals surface area contributed by atoms with Crippen molar-refractivity contribution in [2.24, 2.45) is 0 Å². The summed E-state index contributed by atoms with van der Waals surface area (Å²) in [5.74, 6) is 1.70. The van der Waals surface area contributed by atoms with Crippen LogP contribution in [0.5, 0.6) is 17.2 Å². The Morgan fingerprint density at radius 2 is 1.78 bits per heavy atom. The Balaban J connectivity index is 2.07. The van der Waals surface area contributed by atoms with Crippen LogP contribution in [0.15, 0.2) is 60.8 Å². The van der Waals surface area contributed by atoms with Gasteiger partial charge in [0.15, 0.2) is 0 Å². The van der Waals surface area contributed by atoms with Gasteiger partial charge in [-0.2, -0.15) is 0 Å². The second-order valence-corrected chi connectivity index (χ2v) is 3.93. The number of ether oxygens (including phenoxy) is 1. The van der Waals surface area contributed by atoms with E-state index in [0.717, 1.165) is 16.9 Å². The van der Waals surface area contributed by atoms with Crippen molar-refractivity contribution < 1.29 is 9.84 Å². The quantitative estimate of drug-likeness (QED) is 0.738. The minimum Gasteiger partial charge on any atom is -0.508 e. The molecule has 0 atom stereocenters. The lowest BCUT2D eigenvalue weighted by Crippen LogP contribution is -1.87. The summed E-state index contributed by atoms with van der Waals surface area (Å²) in [4.78, 5) is 4.20. The maximum Gasteiger partial charge on any atom is 0.138 e. The minimum atomic E-state index is 0.201. The number of benzene rings is 2. The van der Waals surface area contributed by atoms with Crippen molar-refractivity contribution in [2.45, 2.75) is 0 Å². The second-order valence-electron chi connectivity index (χ2n) is 3.93. The molecule has 0 amide bonds. The van der Waals surface area contributed by atoms with Crippen molar-refractivity contribution in [1.29, 1.82) is 0 Å². The van der Waals surface area contributed by atoms with Gasteiger partial charge in [0.1, 0.15) is 17.2 Å². The summed E-state index contributed by atoms with van der Waals surface area (Å²) in [7, 11) is 0. The molecule has 0 aliphatic heterocycles. The lowest BCUT2D eigenvalue weighted by molar-refractivity contribution is 0.475. The maximum absolute atomic E-state index is 9.43. The molecule has 1 heterocycles. The smallest absolute Gasteiger partial charge is 0.138 e. The highest BCUT2D eigenvalue weighted by molar-refractivity contribution is 5.86. The fourth-order valence-corrected chi connectivity index (χ4v) is 1.81. The standard InChI is InChI=1S/C15H11NO2/c17-11-6-7-13-14(10-11)16-9-8-15(13)18-12-4-2-1-3-5-12/h1-10,17H. The van der Waals surface area contributed by atoms with Crippen molar-refractivity contribution in [2.75, 3.05) is 0 Å². The topological polar surface area (TPSA) is 42.4 Å². The van der Waals surface area contributed by atoms with Crippen LogP contribution in [-0.4, -0.2) is 10.1 Å². The first-order valence-electron chi connectivity index (χ1n) is 5.63. The Kier molecular flexibility index (Phi) is 2.57. The predicted octanol–water partition coefficient (Wildman–Crippen LogP) is 3.73. The molecule has 3 nitrogen and oxygen atoms in total. The monoisotopic (exact) mass is 237 g/mol. The van der Waals surface area contributed by atoms with Crippen molar-refractivity contribution in [3.63, 3.8) is 0 Å². The number of aromatic nitrogens is 1. The molecule has 0 saturated heterocycles. The fourth-order valence-electron chi connectivity index (χ4n) is 1.81. The van der Waals surface area contributed by atoms with Crippen LogP contribution in [0.4, 0.5) is 0 Å². The molecule has 0 unspecified atom stereocenters. The van der Waals surface area contributed by atoms with Gasteiger partial charge in [0, 0.05) is 17.6 Å². The Labute approximate surface area is 104 Å². The van der Waals surface area contributed by atoms with Crippen molar-refractivity contribution in [3.05, 3.63) is 60.8 Å². The lowest BCUT2D eigenvalue weighted by Gasteiger charge is -2.08. The number of rotatable bonds is 2. The largest absolute Gasteiger partial charge is 0.508 e. The van der Waals surface area contributed by atoms with Crippen LogP contribution < -0.4 is 4.74 Å². The van der Waals surface area contributed by atoms with Crippen LogP contribution in [0, 0.1) is 0 Å². The molecule has 0 aliphatic carbocycles. The molecular formula is C15H11NO2. The number of fused-ring (bicyclic) bond motifs is 1. The number of aromatic hydroxyl groups is 1. The number of hydrogen-bond acceptors (Lipinski definition) is 3. The molecule has 0 bridgehead atoms. The molecule has 0 radical (unpaired) electrons. The van der Waals surface area contributed by atoms with E-state index in [-0.39, 0.29) is 5.75 Å². The molecule has 3 aromatic rings. The van der Waals surface area contributed by atoms with Gasteiger partial charge in [-0.3, -0.25) is 4.98 Å². The van der Waals surface area contributed by atoms with Gasteiger partial charge >= 0.3 is 0 Å². The third-order valence-corrected chi connectivity index (χ3v) is 2.66. The average molecular weight is 237 g/mol. The summed E-state index contributed by atoms with van der Waals surface area (Å²) in [5.41, 5.74) is 0.712. The molecular weight excluding hydrogens is 226 g/mol. The third-order valence-electron chi connectivity index (χ3n) is 2.66. The molecule has 0 saturated carbocycles. The molecule has 1 aromatic heterocycles. The van der Waals surface area contributed by atoms with Crippen LogP contribution in [0.1, 0.15) is 0 Å². The number of pyridine rings is 1. The van der Waals surface area contributed by atoms with Gasteiger partial charge in [-0.15, -0.1) is 0 Å². The highest BCUT2D eigenvalue weighted by Crippen LogP contribution is 2.30. The summed E-state index contributed by atoms with van der Waals surface area (Å²) in [5, 5.41) is 10.3. The Hall–Kier alpha value is -2.55. The van der Waals surface area contributed by atoms with Crippen LogP contribution in [0.25, 0.3) is 10.9 Å². The molecule has 3 heteroatoms. The van der Waals surface area contributed by atoms with E-state index in [4.69, 9.17) is 4.74 Å². The number of hydrogen-bond donors (Lipinski definition) is 1. The van der Waals surface area contributed by atoms with Crippen LogP contribution in [0.3, 0.4) is 0 Å². The van der Waals surface area contributed by atoms with Gasteiger partial charge in [-0.05, 0) is 30.3 Å². The zero-order valence-corrected chi connectivity index (χ0v) is 9.58. The van der Waals surface area contributed by atoms with E-state index in [1.807, 2.05) is 36.4 Å². The third kappa shape index (κ3) is 1.98. The molecule has 2 aromatic carbocycles. The van der Waals surface area contributed by atoms with Gasteiger partial charge in [0.25, 0.3) is 0 Å². The van der Waals surface area contributed by atoms with E-state index in [2.05, 4.69) is 4.98 Å². The summed E-state index contributed by atoms with van der Waals surface area (Å²) in [6, 6.07) is 16.4. The van der Waals surface area contributed by atoms with Gasteiger partial charge < -0.3 is 9.84 Å². The normalized spacial score (nSPS) is 10.4. The van der Waals surface area contributed by atoms with Crippen LogP contribution in [-0.2, 0) is 0 Å². The number of phenols is 1. The Morgan fingerprint density at radius 1 is 0.944 bits per heavy atom.